The predicted octanol–water partition coefficient (Wildman–Crippen LogP) is 2.59. The quantitative estimate of drug-likeness (QED) is 0.620. The van der Waals surface area contributed by atoms with Crippen LogP contribution >= 0.6 is 23.1 Å². The molecule has 0 aliphatic heterocycles. The number of nitrogens with zero attached hydrogens (tertiary/aromatic N) is 5. The maximum Gasteiger partial charge on any atom is 0.236 e. The van der Waals surface area contributed by atoms with Gasteiger partial charge in [0.05, 0.1) is 5.75 Å². The van der Waals surface area contributed by atoms with Gasteiger partial charge in [-0.25, -0.2) is 0 Å². The second-order valence-corrected chi connectivity index (χ2v) is 7.65. The number of anilines is 1. The number of hydrogen-bond donors (Lipinski definition) is 1. The van der Waals surface area contributed by atoms with Crippen molar-refractivity contribution in [2.45, 2.75) is 25.6 Å². The highest BCUT2D eigenvalue weighted by molar-refractivity contribution is 7.99. The van der Waals surface area contributed by atoms with Crippen molar-refractivity contribution in [2.24, 2.45) is 7.05 Å². The fourth-order valence-electron chi connectivity index (χ4n) is 2.08. The van der Waals surface area contributed by atoms with Crippen LogP contribution in [0.3, 0.4) is 0 Å². The molecule has 0 aliphatic carbocycles. The molecule has 0 saturated carbocycles. The Hall–Kier alpha value is -2.46. The Morgan fingerprint density at radius 3 is 2.85 bits per heavy atom. The van der Waals surface area contributed by atoms with Crippen LogP contribution in [-0.2, 0) is 18.4 Å². The molecule has 0 fully saturated rings. The Balaban J connectivity index is 1.52. The molecule has 0 radical (unpaired) electrons. The molecular weight excluding hydrogens is 372 g/mol. The van der Waals surface area contributed by atoms with Crippen LogP contribution < -0.4 is 10.1 Å². The van der Waals surface area contributed by atoms with Crippen molar-refractivity contribution in [3.05, 3.63) is 40.7 Å². The van der Waals surface area contributed by atoms with Crippen molar-refractivity contribution >= 4 is 34.1 Å². The molecule has 0 bridgehead atoms. The second kappa shape index (κ2) is 8.28. The van der Waals surface area contributed by atoms with Crippen LogP contribution in [0.25, 0.3) is 0 Å². The monoisotopic (exact) mass is 390 g/mol. The van der Waals surface area contributed by atoms with Crippen LogP contribution in [0.15, 0.2) is 29.4 Å². The molecule has 1 N–H and O–H groups in total. The lowest BCUT2D eigenvalue weighted by atomic mass is 10.2. The average Bonchev–Trinajstić information content (AvgIpc) is 3.17. The highest BCUT2D eigenvalue weighted by atomic mass is 32.2. The van der Waals surface area contributed by atoms with Gasteiger partial charge in [-0.3, -0.25) is 10.1 Å². The molecule has 0 saturated heterocycles. The zero-order valence-electron chi connectivity index (χ0n) is 14.6. The molecule has 8 nitrogen and oxygen atoms in total. The number of aromatic nitrogens is 5. The summed E-state index contributed by atoms with van der Waals surface area (Å²) in [6.45, 7) is 4.16. The summed E-state index contributed by atoms with van der Waals surface area (Å²) in [5.41, 5.74) is 1.13. The van der Waals surface area contributed by atoms with E-state index in [1.807, 2.05) is 49.7 Å². The minimum atomic E-state index is -0.160. The molecular formula is C16H18N6O2S2. The summed E-state index contributed by atoms with van der Waals surface area (Å²) in [4.78, 5) is 12.0. The Kier molecular flexibility index (Phi) is 5.84. The van der Waals surface area contributed by atoms with Gasteiger partial charge in [0.15, 0.2) is 11.0 Å². The normalized spacial score (nSPS) is 10.7. The number of benzene rings is 1. The number of nitrogens with one attached hydrogen (secondary N) is 1. The molecule has 0 spiro atoms. The highest BCUT2D eigenvalue weighted by Gasteiger charge is 2.13. The molecule has 10 heteroatoms. The molecule has 2 heterocycles. The van der Waals surface area contributed by atoms with Crippen LogP contribution in [0.4, 0.5) is 5.13 Å². The maximum atomic E-state index is 12.0. The highest BCUT2D eigenvalue weighted by Crippen LogP contribution is 2.19. The minimum absolute atomic E-state index is 0.160. The fraction of sp³-hybridized carbons (Fsp3) is 0.312. The third-order valence-corrected chi connectivity index (χ3v) is 5.16. The standard InChI is InChI=1S/C16H18N6O2S2/c1-10-5-4-6-12(7-10)24-8-13-19-21-16(22(13)3)25-9-14(23)17-15-20-18-11(2)26-15/h4-7H,8-9H2,1-3H3,(H,17,20,23). The molecule has 0 unspecified atom stereocenters. The van der Waals surface area contributed by atoms with E-state index in [1.54, 1.807) is 0 Å². The number of rotatable bonds is 7. The van der Waals surface area contributed by atoms with Crippen LogP contribution in [0.5, 0.6) is 5.75 Å². The fourth-order valence-corrected chi connectivity index (χ4v) is 3.42. The van der Waals surface area contributed by atoms with Crippen molar-refractivity contribution in [1.29, 1.82) is 0 Å². The lowest BCUT2D eigenvalue weighted by Gasteiger charge is -2.07. The van der Waals surface area contributed by atoms with E-state index in [2.05, 4.69) is 25.7 Å². The third kappa shape index (κ3) is 4.79. The maximum absolute atomic E-state index is 12.0. The van der Waals surface area contributed by atoms with Gasteiger partial charge < -0.3 is 9.30 Å². The van der Waals surface area contributed by atoms with Crippen LogP contribution in [0.2, 0.25) is 0 Å². The van der Waals surface area contributed by atoms with Gasteiger partial charge in [-0.2, -0.15) is 0 Å². The Morgan fingerprint density at radius 2 is 2.12 bits per heavy atom. The van der Waals surface area contributed by atoms with Gasteiger partial charge in [0.25, 0.3) is 0 Å². The zero-order chi connectivity index (χ0) is 18.5. The van der Waals surface area contributed by atoms with E-state index in [0.29, 0.717) is 22.7 Å². The molecule has 1 aromatic carbocycles. The third-order valence-electron chi connectivity index (χ3n) is 3.39. The topological polar surface area (TPSA) is 94.8 Å². The van der Waals surface area contributed by atoms with Crippen molar-refractivity contribution in [1.82, 2.24) is 25.0 Å². The summed E-state index contributed by atoms with van der Waals surface area (Å²) < 4.78 is 7.57. The van der Waals surface area contributed by atoms with E-state index in [1.165, 1.54) is 23.1 Å². The SMILES string of the molecule is Cc1cccc(OCc2nnc(SCC(=O)Nc3nnc(C)s3)n2C)c1. The van der Waals surface area contributed by atoms with Gasteiger partial charge in [0, 0.05) is 7.05 Å². The van der Waals surface area contributed by atoms with Gasteiger partial charge >= 0.3 is 0 Å². The molecule has 1 amide bonds. The summed E-state index contributed by atoms with van der Waals surface area (Å²) >= 11 is 2.64. The van der Waals surface area contributed by atoms with E-state index in [-0.39, 0.29) is 11.7 Å². The van der Waals surface area contributed by atoms with E-state index in [9.17, 15) is 4.79 Å². The minimum Gasteiger partial charge on any atom is -0.486 e. The van der Waals surface area contributed by atoms with Gasteiger partial charge in [-0.15, -0.1) is 20.4 Å². The van der Waals surface area contributed by atoms with Crippen molar-refractivity contribution < 1.29 is 9.53 Å². The number of thioether (sulfide) groups is 1. The lowest BCUT2D eigenvalue weighted by molar-refractivity contribution is -0.113. The van der Waals surface area contributed by atoms with Gasteiger partial charge in [-0.05, 0) is 31.5 Å². The average molecular weight is 390 g/mol. The van der Waals surface area contributed by atoms with Crippen molar-refractivity contribution in [3.63, 3.8) is 0 Å². The van der Waals surface area contributed by atoms with Crippen molar-refractivity contribution in [2.75, 3.05) is 11.1 Å². The summed E-state index contributed by atoms with van der Waals surface area (Å²) in [7, 11) is 1.85. The number of ether oxygens (including phenoxy) is 1. The molecule has 136 valence electrons. The molecule has 0 aliphatic rings. The Bertz CT molecular complexity index is 908. The van der Waals surface area contributed by atoms with E-state index >= 15 is 0 Å². The summed E-state index contributed by atoms with van der Waals surface area (Å²) in [6, 6.07) is 7.82. The number of aryl methyl sites for hydroxylation is 2. The van der Waals surface area contributed by atoms with E-state index in [0.717, 1.165) is 16.3 Å². The first-order chi connectivity index (χ1) is 12.5. The van der Waals surface area contributed by atoms with Gasteiger partial charge in [0.1, 0.15) is 17.4 Å². The van der Waals surface area contributed by atoms with Crippen LogP contribution in [-0.4, -0.2) is 36.6 Å². The number of hydrogen-bond acceptors (Lipinski definition) is 8. The predicted molar refractivity (Wildman–Crippen MR) is 101 cm³/mol. The smallest absolute Gasteiger partial charge is 0.236 e. The summed E-state index contributed by atoms with van der Waals surface area (Å²) in [5, 5.41) is 20.7. The van der Waals surface area contributed by atoms with Crippen molar-refractivity contribution in [3.8, 4) is 5.75 Å². The number of carbonyl (C=O) groups is 1. The number of carbonyl (C=O) groups excluding carboxylic acids is 1. The van der Waals surface area contributed by atoms with Crippen LogP contribution in [0, 0.1) is 13.8 Å². The first-order valence-electron chi connectivity index (χ1n) is 7.82. The first-order valence-corrected chi connectivity index (χ1v) is 9.62. The van der Waals surface area contributed by atoms with E-state index in [4.69, 9.17) is 4.74 Å². The molecule has 0 atom stereocenters. The Labute approximate surface area is 159 Å². The van der Waals surface area contributed by atoms with Gasteiger partial charge in [-0.1, -0.05) is 35.2 Å². The Morgan fingerprint density at radius 1 is 1.27 bits per heavy atom. The molecule has 3 aromatic rings. The van der Waals surface area contributed by atoms with Crippen LogP contribution in [0.1, 0.15) is 16.4 Å². The zero-order valence-corrected chi connectivity index (χ0v) is 16.2. The summed E-state index contributed by atoms with van der Waals surface area (Å²) in [6.07, 6.45) is 0. The largest absolute Gasteiger partial charge is 0.486 e. The second-order valence-electron chi connectivity index (χ2n) is 5.53. The van der Waals surface area contributed by atoms with E-state index < -0.39 is 0 Å². The molecule has 26 heavy (non-hydrogen) atoms. The number of amides is 1. The lowest BCUT2D eigenvalue weighted by Crippen LogP contribution is -2.14. The first kappa shape index (κ1) is 18.3. The van der Waals surface area contributed by atoms with Gasteiger partial charge in [0.2, 0.25) is 11.0 Å². The molecule has 2 aromatic heterocycles. The summed E-state index contributed by atoms with van der Waals surface area (Å²) in [5.74, 6) is 1.53. The molecule has 3 rings (SSSR count).